The summed E-state index contributed by atoms with van der Waals surface area (Å²) in [4.78, 5) is 38.3. The Hall–Kier alpha value is -2.70. The maximum Gasteiger partial charge on any atom is 0.410 e. The summed E-state index contributed by atoms with van der Waals surface area (Å²) in [5, 5.41) is 0. The fourth-order valence-electron chi connectivity index (χ4n) is 3.04. The Morgan fingerprint density at radius 2 is 2.19 bits per heavy atom. The molecule has 7 heteroatoms. The van der Waals surface area contributed by atoms with E-state index in [1.165, 1.54) is 0 Å². The molecule has 1 unspecified atom stereocenters. The molecule has 0 bridgehead atoms. The molecule has 1 aliphatic heterocycles. The van der Waals surface area contributed by atoms with Crippen molar-refractivity contribution in [1.82, 2.24) is 19.9 Å². The molecule has 0 spiro atoms. The summed E-state index contributed by atoms with van der Waals surface area (Å²) in [6.45, 7) is 8.20. The highest BCUT2D eigenvalue weighted by atomic mass is 16.6. The lowest BCUT2D eigenvalue weighted by atomic mass is 9.93. The van der Waals surface area contributed by atoms with Crippen LogP contribution < -0.4 is 5.56 Å². The third-order valence-electron chi connectivity index (χ3n) is 4.30. The average Bonchev–Trinajstić information content (AvgIpc) is 2.60. The highest BCUT2D eigenvalue weighted by Gasteiger charge is 2.33. The van der Waals surface area contributed by atoms with Crippen LogP contribution in [0.15, 0.2) is 29.3 Å². The first-order valence-electron chi connectivity index (χ1n) is 8.80. The van der Waals surface area contributed by atoms with Crippen molar-refractivity contribution in [3.8, 4) is 11.4 Å². The molecule has 1 N–H and O–H groups in total. The summed E-state index contributed by atoms with van der Waals surface area (Å²) in [6.07, 6.45) is 3.71. The molecule has 1 atom stereocenters. The van der Waals surface area contributed by atoms with Crippen LogP contribution in [-0.2, 0) is 11.3 Å². The molecular weight excluding hydrogens is 332 g/mol. The number of amides is 1. The van der Waals surface area contributed by atoms with Gasteiger partial charge < -0.3 is 14.6 Å². The van der Waals surface area contributed by atoms with Gasteiger partial charge in [0.05, 0.1) is 17.8 Å². The first-order chi connectivity index (χ1) is 12.3. The van der Waals surface area contributed by atoms with Crippen LogP contribution >= 0.6 is 0 Å². The molecule has 1 amide bonds. The van der Waals surface area contributed by atoms with E-state index < -0.39 is 11.7 Å². The van der Waals surface area contributed by atoms with Crippen molar-refractivity contribution in [1.29, 1.82) is 0 Å². The third-order valence-corrected chi connectivity index (χ3v) is 4.30. The number of nitrogens with zero attached hydrogens (tertiary/aromatic N) is 3. The van der Waals surface area contributed by atoms with E-state index in [0.717, 1.165) is 17.7 Å². The van der Waals surface area contributed by atoms with Crippen molar-refractivity contribution in [3.05, 3.63) is 46.1 Å². The molecule has 7 nitrogen and oxygen atoms in total. The van der Waals surface area contributed by atoms with Crippen molar-refractivity contribution in [3.63, 3.8) is 0 Å². The zero-order valence-electron chi connectivity index (χ0n) is 15.6. The maximum absolute atomic E-state index is 12.7. The van der Waals surface area contributed by atoms with E-state index in [9.17, 15) is 9.59 Å². The molecule has 3 heterocycles. The number of nitrogens with one attached hydrogen (secondary N) is 1. The molecule has 0 radical (unpaired) electrons. The van der Waals surface area contributed by atoms with Gasteiger partial charge >= 0.3 is 6.09 Å². The van der Waals surface area contributed by atoms with Crippen LogP contribution in [0.4, 0.5) is 4.79 Å². The van der Waals surface area contributed by atoms with Crippen LogP contribution in [0, 0.1) is 0 Å². The molecule has 2 aromatic rings. The predicted molar refractivity (Wildman–Crippen MR) is 97.8 cm³/mol. The number of ether oxygens (including phenoxy) is 1. The Labute approximate surface area is 152 Å². The highest BCUT2D eigenvalue weighted by Crippen LogP contribution is 2.29. The molecule has 138 valence electrons. The van der Waals surface area contributed by atoms with Gasteiger partial charge in [-0.15, -0.1) is 0 Å². The van der Waals surface area contributed by atoms with Gasteiger partial charge in [-0.3, -0.25) is 9.78 Å². The highest BCUT2D eigenvalue weighted by molar-refractivity contribution is 5.69. The maximum atomic E-state index is 12.7. The third kappa shape index (κ3) is 3.76. The van der Waals surface area contributed by atoms with Gasteiger partial charge in [0.1, 0.15) is 11.4 Å². The van der Waals surface area contributed by atoms with Crippen molar-refractivity contribution < 1.29 is 9.53 Å². The molecule has 3 rings (SSSR count). The second kappa shape index (κ2) is 6.90. The molecule has 0 saturated carbocycles. The zero-order chi connectivity index (χ0) is 18.9. The number of pyridine rings is 1. The number of H-pyrrole nitrogens is 1. The van der Waals surface area contributed by atoms with E-state index in [1.807, 2.05) is 33.8 Å². The molecule has 0 aliphatic carbocycles. The van der Waals surface area contributed by atoms with Gasteiger partial charge in [0.2, 0.25) is 0 Å². The quantitative estimate of drug-likeness (QED) is 0.893. The minimum absolute atomic E-state index is 0.0102. The number of aromatic nitrogens is 3. The number of hydrogen-bond acceptors (Lipinski definition) is 5. The van der Waals surface area contributed by atoms with Crippen molar-refractivity contribution in [2.75, 3.05) is 6.54 Å². The molecule has 0 saturated heterocycles. The number of rotatable bonds is 2. The van der Waals surface area contributed by atoms with Gasteiger partial charge in [-0.2, -0.15) is 0 Å². The molecule has 0 fully saturated rings. The Morgan fingerprint density at radius 3 is 2.81 bits per heavy atom. The summed E-state index contributed by atoms with van der Waals surface area (Å²) in [5.74, 6) is 0.495. The first kappa shape index (κ1) is 18.1. The zero-order valence-corrected chi connectivity index (χ0v) is 15.6. The topological polar surface area (TPSA) is 88.2 Å². The fraction of sp³-hybridized carbons (Fsp3) is 0.474. The average molecular weight is 356 g/mol. The number of aromatic amines is 1. The lowest BCUT2D eigenvalue weighted by Crippen LogP contribution is -2.44. The monoisotopic (exact) mass is 356 g/mol. The molecule has 0 aromatic carbocycles. The first-order valence-corrected chi connectivity index (χ1v) is 8.80. The van der Waals surface area contributed by atoms with E-state index in [4.69, 9.17) is 9.72 Å². The lowest BCUT2D eigenvalue weighted by molar-refractivity contribution is 0.0201. The Morgan fingerprint density at radius 1 is 1.42 bits per heavy atom. The number of carbonyl (C=O) groups excluding carboxylic acids is 1. The standard InChI is InChI=1S/C19H24N4O3/c1-5-12-10-23(18(25)26-19(2,3)4)11-14-15(12)21-16(22-17(14)24)13-7-6-8-20-9-13/h6-9,12H,5,10-11H2,1-4H3,(H,21,22,24). The lowest BCUT2D eigenvalue weighted by Gasteiger charge is -2.34. The van der Waals surface area contributed by atoms with E-state index >= 15 is 0 Å². The minimum Gasteiger partial charge on any atom is -0.444 e. The number of carbonyl (C=O) groups is 1. The smallest absolute Gasteiger partial charge is 0.410 e. The summed E-state index contributed by atoms with van der Waals surface area (Å²) < 4.78 is 5.46. The molecule has 26 heavy (non-hydrogen) atoms. The van der Waals surface area contributed by atoms with E-state index in [1.54, 1.807) is 23.4 Å². The SMILES string of the molecule is CCC1CN(C(=O)OC(C)(C)C)Cc2c1nc(-c1cccnc1)[nH]c2=O. The van der Waals surface area contributed by atoms with Crippen LogP contribution in [-0.4, -0.2) is 38.1 Å². The minimum atomic E-state index is -0.575. The Balaban J connectivity index is 1.97. The van der Waals surface area contributed by atoms with Gasteiger partial charge in [0.25, 0.3) is 5.56 Å². The van der Waals surface area contributed by atoms with Gasteiger partial charge in [-0.25, -0.2) is 9.78 Å². The van der Waals surface area contributed by atoms with Crippen molar-refractivity contribution in [2.45, 2.75) is 52.2 Å². The summed E-state index contributed by atoms with van der Waals surface area (Å²) in [5.41, 5.74) is 1.25. The summed E-state index contributed by atoms with van der Waals surface area (Å²) in [6, 6.07) is 3.66. The Bertz CT molecular complexity index is 855. The largest absolute Gasteiger partial charge is 0.444 e. The van der Waals surface area contributed by atoms with Crippen LogP contribution in [0.25, 0.3) is 11.4 Å². The second-order valence-electron chi connectivity index (χ2n) is 7.49. The van der Waals surface area contributed by atoms with Gasteiger partial charge in [0, 0.05) is 30.4 Å². The van der Waals surface area contributed by atoms with Crippen LogP contribution in [0.5, 0.6) is 0 Å². The van der Waals surface area contributed by atoms with Gasteiger partial charge in [-0.05, 0) is 39.3 Å². The summed E-state index contributed by atoms with van der Waals surface area (Å²) >= 11 is 0. The van der Waals surface area contributed by atoms with Crippen LogP contribution in [0.2, 0.25) is 0 Å². The molecule has 1 aliphatic rings. The van der Waals surface area contributed by atoms with Crippen LogP contribution in [0.3, 0.4) is 0 Å². The van der Waals surface area contributed by atoms with Gasteiger partial charge in [0.15, 0.2) is 0 Å². The van der Waals surface area contributed by atoms with E-state index in [-0.39, 0.29) is 18.0 Å². The number of hydrogen-bond donors (Lipinski definition) is 1. The van der Waals surface area contributed by atoms with Gasteiger partial charge in [-0.1, -0.05) is 6.92 Å². The van der Waals surface area contributed by atoms with E-state index in [2.05, 4.69) is 9.97 Å². The van der Waals surface area contributed by atoms with Crippen molar-refractivity contribution >= 4 is 6.09 Å². The second-order valence-corrected chi connectivity index (χ2v) is 7.49. The normalized spacial score (nSPS) is 16.9. The van der Waals surface area contributed by atoms with E-state index in [0.29, 0.717) is 17.9 Å². The Kier molecular flexibility index (Phi) is 4.80. The molecular formula is C19H24N4O3. The predicted octanol–water partition coefficient (Wildman–Crippen LogP) is 3.08. The van der Waals surface area contributed by atoms with Crippen molar-refractivity contribution in [2.24, 2.45) is 0 Å². The fourth-order valence-corrected chi connectivity index (χ4v) is 3.04. The number of fused-ring (bicyclic) bond motifs is 1. The summed E-state index contributed by atoms with van der Waals surface area (Å²) in [7, 11) is 0. The van der Waals surface area contributed by atoms with Crippen LogP contribution in [0.1, 0.15) is 51.3 Å². The molecule has 2 aromatic heterocycles.